The van der Waals surface area contributed by atoms with Gasteiger partial charge in [-0.2, -0.15) is 5.10 Å². The lowest BCUT2D eigenvalue weighted by Crippen LogP contribution is -2.17. The van der Waals surface area contributed by atoms with Gasteiger partial charge in [0.05, 0.1) is 23.5 Å². The van der Waals surface area contributed by atoms with Crippen molar-refractivity contribution in [1.82, 2.24) is 9.78 Å². The van der Waals surface area contributed by atoms with Crippen molar-refractivity contribution >= 4 is 0 Å². The highest BCUT2D eigenvalue weighted by atomic mass is 16.5. The van der Waals surface area contributed by atoms with E-state index in [-0.39, 0.29) is 6.04 Å². The molecule has 1 fully saturated rings. The summed E-state index contributed by atoms with van der Waals surface area (Å²) in [5.41, 5.74) is 9.52. The van der Waals surface area contributed by atoms with Crippen LogP contribution in [0.4, 0.5) is 0 Å². The lowest BCUT2D eigenvalue weighted by atomic mass is 10.0. The second kappa shape index (κ2) is 5.29. The number of ether oxygens (including phenoxy) is 1. The predicted molar refractivity (Wildman–Crippen MR) is 78.8 cm³/mol. The van der Waals surface area contributed by atoms with Gasteiger partial charge < -0.3 is 10.5 Å². The molecule has 0 saturated heterocycles. The standard InChI is InChI=1S/C16H21N3O/c1-3-19-15(9-11(2)18-19)16(17)12-5-4-6-14(10-12)20-13-7-8-13/h4-6,9-10,13,16H,3,7-8,17H2,1-2H3. The SMILES string of the molecule is CCn1nc(C)cc1C(N)c1cccc(OC2CC2)c1. The minimum absolute atomic E-state index is 0.168. The van der Waals surface area contributed by atoms with Crippen LogP contribution in [0, 0.1) is 6.92 Å². The number of rotatable bonds is 5. The fourth-order valence-electron chi connectivity index (χ4n) is 2.40. The van der Waals surface area contributed by atoms with Crippen LogP contribution in [-0.2, 0) is 6.54 Å². The Labute approximate surface area is 119 Å². The average molecular weight is 271 g/mol. The molecule has 2 N–H and O–H groups in total. The van der Waals surface area contributed by atoms with E-state index in [9.17, 15) is 0 Å². The quantitative estimate of drug-likeness (QED) is 0.909. The van der Waals surface area contributed by atoms with Crippen LogP contribution in [0.1, 0.15) is 42.8 Å². The Kier molecular flexibility index (Phi) is 3.49. The highest BCUT2D eigenvalue weighted by Crippen LogP contribution is 2.29. The highest BCUT2D eigenvalue weighted by molar-refractivity contribution is 5.35. The second-order valence-electron chi connectivity index (χ2n) is 5.39. The first-order chi connectivity index (χ1) is 9.67. The molecule has 4 heteroatoms. The number of aromatic nitrogens is 2. The van der Waals surface area contributed by atoms with Crippen LogP contribution in [0.25, 0.3) is 0 Å². The maximum atomic E-state index is 6.40. The molecule has 1 aromatic heterocycles. The van der Waals surface area contributed by atoms with Crippen molar-refractivity contribution in [1.29, 1.82) is 0 Å². The topological polar surface area (TPSA) is 53.1 Å². The summed E-state index contributed by atoms with van der Waals surface area (Å²) in [6.07, 6.45) is 2.74. The van der Waals surface area contributed by atoms with Crippen molar-refractivity contribution in [3.05, 3.63) is 47.3 Å². The Balaban J connectivity index is 1.86. The van der Waals surface area contributed by atoms with Crippen LogP contribution in [0.15, 0.2) is 30.3 Å². The molecular formula is C16H21N3O. The molecule has 1 heterocycles. The minimum atomic E-state index is -0.168. The summed E-state index contributed by atoms with van der Waals surface area (Å²) in [4.78, 5) is 0. The first-order valence-corrected chi connectivity index (χ1v) is 7.24. The zero-order valence-corrected chi connectivity index (χ0v) is 12.0. The predicted octanol–water partition coefficient (Wildman–Crippen LogP) is 2.80. The van der Waals surface area contributed by atoms with Gasteiger partial charge >= 0.3 is 0 Å². The number of hydrogen-bond donors (Lipinski definition) is 1. The van der Waals surface area contributed by atoms with Gasteiger partial charge in [-0.3, -0.25) is 4.68 Å². The third-order valence-corrected chi connectivity index (χ3v) is 3.60. The molecule has 1 aromatic carbocycles. The molecule has 106 valence electrons. The fraction of sp³-hybridized carbons (Fsp3) is 0.438. The van der Waals surface area contributed by atoms with E-state index in [0.29, 0.717) is 6.10 Å². The van der Waals surface area contributed by atoms with Gasteiger partial charge in [0.2, 0.25) is 0 Å². The minimum Gasteiger partial charge on any atom is -0.490 e. The highest BCUT2D eigenvalue weighted by Gasteiger charge is 2.24. The summed E-state index contributed by atoms with van der Waals surface area (Å²) in [7, 11) is 0. The summed E-state index contributed by atoms with van der Waals surface area (Å²) in [6.45, 7) is 4.90. The first kappa shape index (κ1) is 13.2. The Hall–Kier alpha value is -1.81. The monoisotopic (exact) mass is 271 g/mol. The molecule has 3 rings (SSSR count). The molecule has 0 radical (unpaired) electrons. The number of aryl methyl sites for hydroxylation is 2. The molecule has 0 spiro atoms. The molecule has 1 saturated carbocycles. The molecule has 1 aliphatic carbocycles. The van der Waals surface area contributed by atoms with Crippen molar-refractivity contribution in [3.8, 4) is 5.75 Å². The van der Waals surface area contributed by atoms with Gasteiger partial charge in [0.25, 0.3) is 0 Å². The summed E-state index contributed by atoms with van der Waals surface area (Å²) < 4.78 is 7.80. The lowest BCUT2D eigenvalue weighted by molar-refractivity contribution is 0.303. The normalized spacial score (nSPS) is 16.1. The molecular weight excluding hydrogens is 250 g/mol. The van der Waals surface area contributed by atoms with E-state index in [1.165, 1.54) is 0 Å². The molecule has 20 heavy (non-hydrogen) atoms. The number of benzene rings is 1. The first-order valence-electron chi connectivity index (χ1n) is 7.24. The van der Waals surface area contributed by atoms with Crippen LogP contribution in [0.5, 0.6) is 5.75 Å². The summed E-state index contributed by atoms with van der Waals surface area (Å²) in [6, 6.07) is 9.99. The van der Waals surface area contributed by atoms with Crippen LogP contribution in [0.3, 0.4) is 0 Å². The fourth-order valence-corrected chi connectivity index (χ4v) is 2.40. The maximum Gasteiger partial charge on any atom is 0.120 e. The van der Waals surface area contributed by atoms with Gasteiger partial charge in [0, 0.05) is 6.54 Å². The Morgan fingerprint density at radius 2 is 2.20 bits per heavy atom. The molecule has 1 unspecified atom stereocenters. The number of nitrogens with zero attached hydrogens (tertiary/aromatic N) is 2. The van der Waals surface area contributed by atoms with E-state index in [0.717, 1.165) is 42.1 Å². The van der Waals surface area contributed by atoms with E-state index < -0.39 is 0 Å². The summed E-state index contributed by atoms with van der Waals surface area (Å²) in [5.74, 6) is 0.916. The lowest BCUT2D eigenvalue weighted by Gasteiger charge is -2.15. The molecule has 2 aromatic rings. The Bertz CT molecular complexity index is 602. The molecule has 1 aliphatic rings. The molecule has 0 amide bonds. The Morgan fingerprint density at radius 1 is 1.40 bits per heavy atom. The number of nitrogens with two attached hydrogens (primary N) is 1. The number of hydrogen-bond acceptors (Lipinski definition) is 3. The van der Waals surface area contributed by atoms with Crippen LogP contribution < -0.4 is 10.5 Å². The molecule has 1 atom stereocenters. The smallest absolute Gasteiger partial charge is 0.120 e. The van der Waals surface area contributed by atoms with E-state index in [2.05, 4.69) is 18.1 Å². The largest absolute Gasteiger partial charge is 0.490 e. The van der Waals surface area contributed by atoms with Crippen molar-refractivity contribution in [2.75, 3.05) is 0 Å². The summed E-state index contributed by atoms with van der Waals surface area (Å²) in [5, 5.41) is 4.46. The van der Waals surface area contributed by atoms with Crippen molar-refractivity contribution in [2.24, 2.45) is 5.73 Å². The van der Waals surface area contributed by atoms with Crippen molar-refractivity contribution < 1.29 is 4.74 Å². The molecule has 4 nitrogen and oxygen atoms in total. The van der Waals surface area contributed by atoms with Crippen molar-refractivity contribution in [2.45, 2.75) is 45.4 Å². The van der Waals surface area contributed by atoms with Gasteiger partial charge in [0.1, 0.15) is 5.75 Å². The van der Waals surface area contributed by atoms with Crippen LogP contribution in [0.2, 0.25) is 0 Å². The van der Waals surface area contributed by atoms with Gasteiger partial charge in [-0.15, -0.1) is 0 Å². The zero-order valence-electron chi connectivity index (χ0n) is 12.0. The third-order valence-electron chi connectivity index (χ3n) is 3.60. The van der Waals surface area contributed by atoms with Gasteiger partial charge in [-0.25, -0.2) is 0 Å². The van der Waals surface area contributed by atoms with E-state index in [1.54, 1.807) is 0 Å². The van der Waals surface area contributed by atoms with E-state index in [4.69, 9.17) is 10.5 Å². The van der Waals surface area contributed by atoms with Gasteiger partial charge in [-0.1, -0.05) is 12.1 Å². The van der Waals surface area contributed by atoms with E-state index in [1.807, 2.05) is 35.9 Å². The van der Waals surface area contributed by atoms with Crippen molar-refractivity contribution in [3.63, 3.8) is 0 Å². The second-order valence-corrected chi connectivity index (χ2v) is 5.39. The van der Waals surface area contributed by atoms with Crippen LogP contribution >= 0.6 is 0 Å². The van der Waals surface area contributed by atoms with Gasteiger partial charge in [0.15, 0.2) is 0 Å². The molecule has 0 bridgehead atoms. The average Bonchev–Trinajstić information content (AvgIpc) is 3.18. The maximum absolute atomic E-state index is 6.40. The van der Waals surface area contributed by atoms with Gasteiger partial charge in [-0.05, 0) is 50.5 Å². The third kappa shape index (κ3) is 2.70. The Morgan fingerprint density at radius 3 is 2.90 bits per heavy atom. The van der Waals surface area contributed by atoms with E-state index >= 15 is 0 Å². The summed E-state index contributed by atoms with van der Waals surface area (Å²) >= 11 is 0. The van der Waals surface area contributed by atoms with Crippen LogP contribution in [-0.4, -0.2) is 15.9 Å². The zero-order chi connectivity index (χ0) is 14.1. The molecule has 0 aliphatic heterocycles.